The second kappa shape index (κ2) is 5.30. The van der Waals surface area contributed by atoms with Gasteiger partial charge >= 0.3 is 0 Å². The van der Waals surface area contributed by atoms with Gasteiger partial charge in [0.05, 0.1) is 5.56 Å². The van der Waals surface area contributed by atoms with Gasteiger partial charge in [0.2, 0.25) is 0 Å². The van der Waals surface area contributed by atoms with Gasteiger partial charge in [0, 0.05) is 23.3 Å². The predicted molar refractivity (Wildman–Crippen MR) is 69.2 cm³/mol. The molecule has 0 saturated heterocycles. The summed E-state index contributed by atoms with van der Waals surface area (Å²) in [6.45, 7) is 2.06. The van der Waals surface area contributed by atoms with Crippen LogP contribution < -0.4 is 5.43 Å². The lowest BCUT2D eigenvalue weighted by Gasteiger charge is -1.97. The number of nitrogens with one attached hydrogen (secondary N) is 2. The molecular formula is C13H15N3O. The van der Waals surface area contributed by atoms with Gasteiger partial charge in [-0.2, -0.15) is 5.10 Å². The lowest BCUT2D eigenvalue weighted by molar-refractivity contribution is 0.0956. The number of benzene rings is 1. The average Bonchev–Trinajstić information content (AvgIpc) is 2.78. The minimum atomic E-state index is -0.185. The third-order valence-electron chi connectivity index (χ3n) is 2.51. The molecule has 0 unspecified atom stereocenters. The molecule has 0 bridgehead atoms. The number of fused-ring (bicyclic) bond motifs is 1. The number of rotatable bonds is 4. The fourth-order valence-corrected chi connectivity index (χ4v) is 1.62. The Labute approximate surface area is 99.7 Å². The standard InChI is InChI=1S/C13H15N3O/c1-2-3-8-15-16-13(17)11-9-14-12-7-5-4-6-10(11)12/h4-9,14H,2-3H2,1H3,(H,16,17)/b15-8+. The van der Waals surface area contributed by atoms with E-state index in [1.54, 1.807) is 12.4 Å². The fraction of sp³-hybridized carbons (Fsp3) is 0.231. The minimum absolute atomic E-state index is 0.185. The van der Waals surface area contributed by atoms with E-state index in [2.05, 4.69) is 22.4 Å². The van der Waals surface area contributed by atoms with E-state index in [9.17, 15) is 4.79 Å². The smallest absolute Gasteiger partial charge is 0.273 e. The van der Waals surface area contributed by atoms with Gasteiger partial charge in [-0.15, -0.1) is 0 Å². The number of H-pyrrole nitrogens is 1. The number of aromatic nitrogens is 1. The van der Waals surface area contributed by atoms with Gasteiger partial charge in [-0.1, -0.05) is 31.5 Å². The Morgan fingerprint density at radius 3 is 3.12 bits per heavy atom. The summed E-state index contributed by atoms with van der Waals surface area (Å²) >= 11 is 0. The van der Waals surface area contributed by atoms with Crippen molar-refractivity contribution < 1.29 is 4.79 Å². The molecule has 0 radical (unpaired) electrons. The van der Waals surface area contributed by atoms with Crippen LogP contribution in [0.4, 0.5) is 0 Å². The van der Waals surface area contributed by atoms with Gasteiger partial charge in [0.15, 0.2) is 0 Å². The van der Waals surface area contributed by atoms with Gasteiger partial charge in [-0.25, -0.2) is 5.43 Å². The Kier molecular flexibility index (Phi) is 3.55. The van der Waals surface area contributed by atoms with Gasteiger partial charge in [0.1, 0.15) is 0 Å². The molecule has 0 aliphatic heterocycles. The van der Waals surface area contributed by atoms with Crippen molar-refractivity contribution in [1.29, 1.82) is 0 Å². The highest BCUT2D eigenvalue weighted by Crippen LogP contribution is 2.17. The van der Waals surface area contributed by atoms with Crippen LogP contribution in [0.1, 0.15) is 30.1 Å². The van der Waals surface area contributed by atoms with Crippen molar-refractivity contribution in [3.8, 4) is 0 Å². The van der Waals surface area contributed by atoms with Crippen molar-refractivity contribution in [3.05, 3.63) is 36.0 Å². The first-order chi connectivity index (χ1) is 8.33. The molecule has 0 atom stereocenters. The molecule has 17 heavy (non-hydrogen) atoms. The summed E-state index contributed by atoms with van der Waals surface area (Å²) in [7, 11) is 0. The van der Waals surface area contributed by atoms with Crippen LogP contribution in [0, 0.1) is 0 Å². The van der Waals surface area contributed by atoms with Gasteiger partial charge < -0.3 is 4.98 Å². The molecule has 2 aromatic rings. The number of nitrogens with zero attached hydrogens (tertiary/aromatic N) is 1. The van der Waals surface area contributed by atoms with Gasteiger partial charge in [0.25, 0.3) is 5.91 Å². The normalized spacial score (nSPS) is 11.1. The van der Waals surface area contributed by atoms with E-state index in [0.29, 0.717) is 5.56 Å². The van der Waals surface area contributed by atoms with E-state index in [-0.39, 0.29) is 5.91 Å². The maximum Gasteiger partial charge on any atom is 0.273 e. The molecule has 4 nitrogen and oxygen atoms in total. The summed E-state index contributed by atoms with van der Waals surface area (Å²) in [6.07, 6.45) is 5.31. The summed E-state index contributed by atoms with van der Waals surface area (Å²) in [5, 5.41) is 4.80. The summed E-state index contributed by atoms with van der Waals surface area (Å²) in [5.41, 5.74) is 4.10. The lowest BCUT2D eigenvalue weighted by Crippen LogP contribution is -2.16. The number of para-hydroxylation sites is 1. The van der Waals surface area contributed by atoms with Crippen LogP contribution >= 0.6 is 0 Å². The molecule has 0 saturated carbocycles. The maximum absolute atomic E-state index is 11.8. The van der Waals surface area contributed by atoms with E-state index >= 15 is 0 Å². The number of carbonyl (C=O) groups is 1. The van der Waals surface area contributed by atoms with Crippen LogP contribution in [0.2, 0.25) is 0 Å². The van der Waals surface area contributed by atoms with Crippen LogP contribution in [-0.4, -0.2) is 17.1 Å². The molecule has 0 fully saturated rings. The lowest BCUT2D eigenvalue weighted by atomic mass is 10.2. The van der Waals surface area contributed by atoms with E-state index in [4.69, 9.17) is 0 Å². The fourth-order valence-electron chi connectivity index (χ4n) is 1.62. The molecule has 1 amide bonds. The topological polar surface area (TPSA) is 57.2 Å². The third kappa shape index (κ3) is 2.53. The highest BCUT2D eigenvalue weighted by Gasteiger charge is 2.10. The molecular weight excluding hydrogens is 214 g/mol. The van der Waals surface area contributed by atoms with Crippen molar-refractivity contribution in [2.24, 2.45) is 5.10 Å². The van der Waals surface area contributed by atoms with Gasteiger partial charge in [-0.3, -0.25) is 4.79 Å². The summed E-state index contributed by atoms with van der Waals surface area (Å²) in [6, 6.07) is 7.69. The molecule has 1 aromatic carbocycles. The third-order valence-corrected chi connectivity index (χ3v) is 2.51. The van der Waals surface area contributed by atoms with E-state index in [1.807, 2.05) is 24.3 Å². The summed E-state index contributed by atoms with van der Waals surface area (Å²) < 4.78 is 0. The van der Waals surface area contributed by atoms with E-state index < -0.39 is 0 Å². The number of unbranched alkanes of at least 4 members (excludes halogenated alkanes) is 1. The van der Waals surface area contributed by atoms with Crippen LogP contribution in [0.25, 0.3) is 10.9 Å². The number of hydrogen-bond acceptors (Lipinski definition) is 2. The zero-order chi connectivity index (χ0) is 12.1. The van der Waals surface area contributed by atoms with Gasteiger partial charge in [-0.05, 0) is 12.5 Å². The van der Waals surface area contributed by atoms with E-state index in [1.165, 1.54) is 0 Å². The van der Waals surface area contributed by atoms with Crippen molar-refractivity contribution >= 4 is 23.0 Å². The number of aromatic amines is 1. The Morgan fingerprint density at radius 1 is 1.47 bits per heavy atom. The monoisotopic (exact) mass is 229 g/mol. The van der Waals surface area contributed by atoms with Crippen LogP contribution in [-0.2, 0) is 0 Å². The number of carbonyl (C=O) groups excluding carboxylic acids is 1. The molecule has 0 spiro atoms. The van der Waals surface area contributed by atoms with Crippen LogP contribution in [0.5, 0.6) is 0 Å². The molecule has 4 heteroatoms. The highest BCUT2D eigenvalue weighted by molar-refractivity contribution is 6.06. The van der Waals surface area contributed by atoms with Crippen molar-refractivity contribution in [1.82, 2.24) is 10.4 Å². The largest absolute Gasteiger partial charge is 0.360 e. The van der Waals surface area contributed by atoms with Crippen molar-refractivity contribution in [2.75, 3.05) is 0 Å². The second-order valence-corrected chi connectivity index (χ2v) is 3.79. The molecule has 2 N–H and O–H groups in total. The Balaban J connectivity index is 2.14. The maximum atomic E-state index is 11.8. The zero-order valence-corrected chi connectivity index (χ0v) is 9.73. The Morgan fingerprint density at radius 2 is 2.29 bits per heavy atom. The summed E-state index contributed by atoms with van der Waals surface area (Å²) in [5.74, 6) is -0.185. The minimum Gasteiger partial charge on any atom is -0.360 e. The van der Waals surface area contributed by atoms with Crippen LogP contribution in [0.3, 0.4) is 0 Å². The number of hydrogen-bond donors (Lipinski definition) is 2. The first-order valence-corrected chi connectivity index (χ1v) is 5.71. The van der Waals surface area contributed by atoms with Crippen molar-refractivity contribution in [3.63, 3.8) is 0 Å². The highest BCUT2D eigenvalue weighted by atomic mass is 16.2. The Bertz CT molecular complexity index is 542. The van der Waals surface area contributed by atoms with Crippen LogP contribution in [0.15, 0.2) is 35.6 Å². The van der Waals surface area contributed by atoms with Crippen molar-refractivity contribution in [2.45, 2.75) is 19.8 Å². The van der Waals surface area contributed by atoms with E-state index in [0.717, 1.165) is 23.7 Å². The summed E-state index contributed by atoms with van der Waals surface area (Å²) in [4.78, 5) is 14.9. The SMILES string of the molecule is CCC/C=N/NC(=O)c1c[nH]c2ccccc12. The number of amides is 1. The molecule has 0 aliphatic carbocycles. The molecule has 1 heterocycles. The second-order valence-electron chi connectivity index (χ2n) is 3.79. The first-order valence-electron chi connectivity index (χ1n) is 5.71. The first kappa shape index (κ1) is 11.4. The molecule has 88 valence electrons. The average molecular weight is 229 g/mol. The number of hydrazone groups is 1. The quantitative estimate of drug-likeness (QED) is 0.614. The Hall–Kier alpha value is -2.10. The molecule has 2 rings (SSSR count). The molecule has 1 aromatic heterocycles. The zero-order valence-electron chi connectivity index (χ0n) is 9.73. The predicted octanol–water partition coefficient (Wildman–Crippen LogP) is 2.68. The molecule has 0 aliphatic rings.